The molecule has 2 aliphatic rings. The van der Waals surface area contributed by atoms with Crippen molar-refractivity contribution in [2.75, 3.05) is 0 Å². The molecule has 4 heteroatoms. The third-order valence-electron chi connectivity index (χ3n) is 5.16. The minimum Gasteiger partial charge on any atom is -0.211 e. The summed E-state index contributed by atoms with van der Waals surface area (Å²) < 4.78 is 0. The highest BCUT2D eigenvalue weighted by atomic mass is 16.1. The molecule has 0 N–H and O–H groups in total. The van der Waals surface area contributed by atoms with Gasteiger partial charge in [0.25, 0.3) is 0 Å². The topological polar surface area (TPSA) is 58.9 Å². The molecule has 0 heterocycles. The Morgan fingerprint density at radius 2 is 1.75 bits per heavy atom. The van der Waals surface area contributed by atoms with Crippen molar-refractivity contribution in [3.8, 4) is 0 Å². The van der Waals surface area contributed by atoms with Crippen molar-refractivity contribution in [3.63, 3.8) is 0 Å². The van der Waals surface area contributed by atoms with Gasteiger partial charge in [0, 0.05) is 0 Å². The van der Waals surface area contributed by atoms with Crippen molar-refractivity contribution in [1.82, 2.24) is 0 Å². The van der Waals surface area contributed by atoms with Crippen LogP contribution in [0, 0.1) is 16.7 Å². The van der Waals surface area contributed by atoms with Crippen LogP contribution in [0.25, 0.3) is 0 Å². The van der Waals surface area contributed by atoms with Gasteiger partial charge in [-0.15, -0.1) is 0 Å². The standard InChI is InChI=1S/C12H16N2O2/c1-11(2)8-4-5-12(11,3)10(14-7-16)9(8)13-6-15/h8-10H,4-5H2,1-3H3. The summed E-state index contributed by atoms with van der Waals surface area (Å²) >= 11 is 0. The van der Waals surface area contributed by atoms with Crippen molar-refractivity contribution < 1.29 is 9.59 Å². The summed E-state index contributed by atoms with van der Waals surface area (Å²) in [6.45, 7) is 6.50. The molecule has 2 saturated carbocycles. The Kier molecular flexibility index (Phi) is 2.37. The largest absolute Gasteiger partial charge is 0.235 e. The van der Waals surface area contributed by atoms with E-state index in [0.717, 1.165) is 12.8 Å². The summed E-state index contributed by atoms with van der Waals surface area (Å²) in [6, 6.07) is -0.395. The molecule has 2 aliphatic carbocycles. The lowest BCUT2D eigenvalue weighted by Gasteiger charge is -2.36. The smallest absolute Gasteiger partial charge is 0.211 e. The summed E-state index contributed by atoms with van der Waals surface area (Å²) in [5.74, 6) is 0.320. The number of fused-ring (bicyclic) bond motifs is 2. The molecule has 0 radical (unpaired) electrons. The van der Waals surface area contributed by atoms with Gasteiger partial charge in [0.1, 0.15) is 0 Å². The number of isocyanates is 2. The van der Waals surface area contributed by atoms with Crippen molar-refractivity contribution in [2.45, 2.75) is 45.7 Å². The normalized spacial score (nSPS) is 43.6. The molecule has 0 aromatic heterocycles. The maximum absolute atomic E-state index is 10.5. The molecule has 2 rings (SSSR count). The average molecular weight is 220 g/mol. The lowest BCUT2D eigenvalue weighted by molar-refractivity contribution is 0.137. The highest BCUT2D eigenvalue weighted by Gasteiger charge is 2.66. The molecule has 0 aliphatic heterocycles. The number of hydrogen-bond donors (Lipinski definition) is 0. The van der Waals surface area contributed by atoms with Crippen LogP contribution in [-0.2, 0) is 9.59 Å². The zero-order valence-electron chi connectivity index (χ0n) is 9.86. The van der Waals surface area contributed by atoms with Gasteiger partial charge in [-0.25, -0.2) is 9.59 Å². The van der Waals surface area contributed by atoms with E-state index in [0.29, 0.717) is 5.92 Å². The van der Waals surface area contributed by atoms with E-state index < -0.39 is 0 Å². The summed E-state index contributed by atoms with van der Waals surface area (Å²) in [6.07, 6.45) is 5.33. The van der Waals surface area contributed by atoms with Crippen molar-refractivity contribution in [2.24, 2.45) is 26.7 Å². The van der Waals surface area contributed by atoms with Gasteiger partial charge in [0.2, 0.25) is 12.2 Å². The fourth-order valence-electron chi connectivity index (χ4n) is 3.78. The van der Waals surface area contributed by atoms with Gasteiger partial charge in [-0.2, -0.15) is 9.98 Å². The third kappa shape index (κ3) is 1.12. The highest BCUT2D eigenvalue weighted by Crippen LogP contribution is 2.66. The second-order valence-electron chi connectivity index (χ2n) is 5.66. The quantitative estimate of drug-likeness (QED) is 0.526. The molecule has 4 nitrogen and oxygen atoms in total. The van der Waals surface area contributed by atoms with Crippen LogP contribution in [-0.4, -0.2) is 24.2 Å². The average Bonchev–Trinajstić information content (AvgIpc) is 2.52. The SMILES string of the molecule is CC1(C)C2CCC1(C)C(N=C=O)C2N=C=O. The molecule has 4 atom stereocenters. The van der Waals surface area contributed by atoms with Gasteiger partial charge in [0.15, 0.2) is 0 Å². The van der Waals surface area contributed by atoms with Gasteiger partial charge in [-0.3, -0.25) is 0 Å². The fourth-order valence-corrected chi connectivity index (χ4v) is 3.78. The number of nitrogens with zero attached hydrogens (tertiary/aromatic N) is 2. The zero-order valence-corrected chi connectivity index (χ0v) is 9.86. The van der Waals surface area contributed by atoms with Gasteiger partial charge in [0.05, 0.1) is 12.1 Å². The lowest BCUT2D eigenvalue weighted by Crippen LogP contribution is -2.37. The Bertz CT molecular complexity index is 405. The molecule has 0 spiro atoms. The second-order valence-corrected chi connectivity index (χ2v) is 5.66. The molecule has 0 aromatic carbocycles. The van der Waals surface area contributed by atoms with Crippen molar-refractivity contribution in [1.29, 1.82) is 0 Å². The molecule has 0 saturated heterocycles. The van der Waals surface area contributed by atoms with Crippen LogP contribution >= 0.6 is 0 Å². The van der Waals surface area contributed by atoms with Gasteiger partial charge >= 0.3 is 0 Å². The molecule has 0 aromatic rings. The third-order valence-corrected chi connectivity index (χ3v) is 5.16. The van der Waals surface area contributed by atoms with E-state index in [1.807, 2.05) is 0 Å². The van der Waals surface area contributed by atoms with Crippen LogP contribution in [0.4, 0.5) is 0 Å². The van der Waals surface area contributed by atoms with Gasteiger partial charge in [-0.1, -0.05) is 20.8 Å². The van der Waals surface area contributed by atoms with Crippen LogP contribution in [0.3, 0.4) is 0 Å². The molecular weight excluding hydrogens is 204 g/mol. The Morgan fingerprint density at radius 1 is 1.12 bits per heavy atom. The first-order valence-corrected chi connectivity index (χ1v) is 5.63. The molecule has 4 unspecified atom stereocenters. The van der Waals surface area contributed by atoms with Crippen LogP contribution in [0.5, 0.6) is 0 Å². The predicted octanol–water partition coefficient (Wildman–Crippen LogP) is 1.85. The van der Waals surface area contributed by atoms with E-state index in [-0.39, 0.29) is 22.9 Å². The summed E-state index contributed by atoms with van der Waals surface area (Å²) in [5.41, 5.74) is 0.00310. The fraction of sp³-hybridized carbons (Fsp3) is 0.833. The molecule has 0 amide bonds. The van der Waals surface area contributed by atoms with Crippen molar-refractivity contribution >= 4 is 12.2 Å². The van der Waals surface area contributed by atoms with Gasteiger partial charge < -0.3 is 0 Å². The predicted molar refractivity (Wildman–Crippen MR) is 58.4 cm³/mol. The maximum atomic E-state index is 10.5. The Balaban J connectivity index is 2.51. The first-order valence-electron chi connectivity index (χ1n) is 5.63. The first-order chi connectivity index (χ1) is 7.49. The van der Waals surface area contributed by atoms with E-state index in [4.69, 9.17) is 0 Å². The van der Waals surface area contributed by atoms with Crippen molar-refractivity contribution in [3.05, 3.63) is 0 Å². The molecule has 2 fully saturated rings. The minimum atomic E-state index is -0.208. The van der Waals surface area contributed by atoms with E-state index >= 15 is 0 Å². The van der Waals surface area contributed by atoms with E-state index in [1.165, 1.54) is 0 Å². The monoisotopic (exact) mass is 220 g/mol. The van der Waals surface area contributed by atoms with Crippen LogP contribution in [0.2, 0.25) is 0 Å². The number of rotatable bonds is 2. The lowest BCUT2D eigenvalue weighted by atomic mass is 9.69. The summed E-state index contributed by atoms with van der Waals surface area (Å²) in [7, 11) is 0. The Labute approximate surface area is 94.9 Å². The Morgan fingerprint density at radius 3 is 2.31 bits per heavy atom. The number of carbonyl (C=O) groups excluding carboxylic acids is 2. The van der Waals surface area contributed by atoms with Gasteiger partial charge in [-0.05, 0) is 29.6 Å². The number of hydrogen-bond acceptors (Lipinski definition) is 4. The minimum absolute atomic E-state index is 0.0555. The highest BCUT2D eigenvalue weighted by molar-refractivity contribution is 5.39. The van der Waals surface area contributed by atoms with Crippen LogP contribution in [0.1, 0.15) is 33.6 Å². The van der Waals surface area contributed by atoms with Crippen LogP contribution < -0.4 is 0 Å². The molecular formula is C12H16N2O2. The number of aliphatic imine (C=N–C) groups is 2. The molecule has 86 valence electrons. The van der Waals surface area contributed by atoms with Crippen LogP contribution in [0.15, 0.2) is 9.98 Å². The molecule has 2 bridgehead atoms. The van der Waals surface area contributed by atoms with E-state index in [2.05, 4.69) is 30.8 Å². The summed E-state index contributed by atoms with van der Waals surface area (Å²) in [5, 5.41) is 0. The Hall–Kier alpha value is -1.24. The summed E-state index contributed by atoms with van der Waals surface area (Å²) in [4.78, 5) is 28.7. The van der Waals surface area contributed by atoms with E-state index in [9.17, 15) is 9.59 Å². The molecule has 16 heavy (non-hydrogen) atoms. The van der Waals surface area contributed by atoms with E-state index in [1.54, 1.807) is 12.2 Å². The zero-order chi connectivity index (χ0) is 12.0. The second kappa shape index (κ2) is 3.38. The first kappa shape index (κ1) is 11.3. The maximum Gasteiger partial charge on any atom is 0.235 e.